The van der Waals surface area contributed by atoms with Crippen LogP contribution < -0.4 is 0 Å². The zero-order chi connectivity index (χ0) is 17.9. The fourth-order valence-electron chi connectivity index (χ4n) is 3.48. The quantitative estimate of drug-likeness (QED) is 0.126. The number of nitrogens with zero attached hydrogens (tertiary/aromatic N) is 1. The van der Waals surface area contributed by atoms with Crippen molar-refractivity contribution in [2.75, 3.05) is 33.1 Å². The van der Waals surface area contributed by atoms with E-state index in [-0.39, 0.29) is 0 Å². The molecule has 0 aliphatic rings. The minimum absolute atomic E-state index is 0.818. The minimum atomic E-state index is 0.818. The lowest BCUT2D eigenvalue weighted by Crippen LogP contribution is -2.41. The lowest BCUT2D eigenvalue weighted by atomic mass is 10.0. The molecule has 0 atom stereocenters. The van der Waals surface area contributed by atoms with Gasteiger partial charge in [-0.1, -0.05) is 84.0 Å². The van der Waals surface area contributed by atoms with Crippen LogP contribution in [0.3, 0.4) is 0 Å². The second-order valence-electron chi connectivity index (χ2n) is 8.38. The highest BCUT2D eigenvalue weighted by atomic mass is 35.5. The number of halogens is 1. The summed E-state index contributed by atoms with van der Waals surface area (Å²) in [5.41, 5.74) is 0. The molecule has 0 spiro atoms. The summed E-state index contributed by atoms with van der Waals surface area (Å²) in [6, 6.07) is 0. The zero-order valence-corrected chi connectivity index (χ0v) is 18.0. The van der Waals surface area contributed by atoms with E-state index >= 15 is 0 Å². The number of hydrogen-bond acceptors (Lipinski definition) is 0. The van der Waals surface area contributed by atoms with Crippen LogP contribution in [0, 0.1) is 0 Å². The van der Waals surface area contributed by atoms with Gasteiger partial charge in [-0.25, -0.2) is 0 Å². The lowest BCUT2D eigenvalue weighted by molar-refractivity contribution is -0.890. The smallest absolute Gasteiger partial charge is 0.0782 e. The SMILES string of the molecule is CCCCCCCCCCCCCCCC[N+](C)(C)CCCCCl. The molecule has 0 aromatic rings. The third-order valence-electron chi connectivity index (χ3n) is 5.26. The maximum Gasteiger partial charge on any atom is 0.0782 e. The molecule has 0 saturated carbocycles. The molecule has 24 heavy (non-hydrogen) atoms. The third kappa shape index (κ3) is 18.6. The molecule has 0 bridgehead atoms. The summed E-state index contributed by atoms with van der Waals surface area (Å²) >= 11 is 5.76. The standard InChI is InChI=1S/C22H47ClN/c1-4-5-6-7-8-9-10-11-12-13-14-15-16-18-21-24(2,3)22-19-17-20-23/h4-22H2,1-3H3/q+1. The second-order valence-corrected chi connectivity index (χ2v) is 8.75. The highest BCUT2D eigenvalue weighted by Gasteiger charge is 2.13. The average Bonchev–Trinajstić information content (AvgIpc) is 2.55. The van der Waals surface area contributed by atoms with Crippen LogP contribution in [0.4, 0.5) is 0 Å². The van der Waals surface area contributed by atoms with Crippen molar-refractivity contribution in [3.8, 4) is 0 Å². The zero-order valence-electron chi connectivity index (χ0n) is 17.3. The van der Waals surface area contributed by atoms with Crippen LogP contribution >= 0.6 is 11.6 Å². The molecular formula is C22H47ClN+. The summed E-state index contributed by atoms with van der Waals surface area (Å²) < 4.78 is 1.18. The van der Waals surface area contributed by atoms with E-state index in [4.69, 9.17) is 11.6 Å². The highest BCUT2D eigenvalue weighted by Crippen LogP contribution is 2.13. The molecule has 2 heteroatoms. The third-order valence-corrected chi connectivity index (χ3v) is 5.53. The predicted molar refractivity (Wildman–Crippen MR) is 112 cm³/mol. The topological polar surface area (TPSA) is 0 Å². The Morgan fingerprint density at radius 3 is 1.21 bits per heavy atom. The van der Waals surface area contributed by atoms with E-state index in [0.29, 0.717) is 0 Å². The van der Waals surface area contributed by atoms with Crippen molar-refractivity contribution in [3.05, 3.63) is 0 Å². The maximum absolute atomic E-state index is 5.76. The van der Waals surface area contributed by atoms with E-state index in [2.05, 4.69) is 21.0 Å². The molecule has 146 valence electrons. The Kier molecular flexibility index (Phi) is 18.2. The van der Waals surface area contributed by atoms with Gasteiger partial charge in [-0.05, 0) is 25.7 Å². The average molecular weight is 361 g/mol. The molecule has 0 N–H and O–H groups in total. The summed E-state index contributed by atoms with van der Waals surface area (Å²) in [6.45, 7) is 4.91. The monoisotopic (exact) mass is 360 g/mol. The first-order valence-electron chi connectivity index (χ1n) is 11.0. The molecule has 0 aliphatic heterocycles. The summed E-state index contributed by atoms with van der Waals surface area (Å²) in [5, 5.41) is 0. The Balaban J connectivity index is 3.19. The Morgan fingerprint density at radius 1 is 0.500 bits per heavy atom. The van der Waals surface area contributed by atoms with E-state index < -0.39 is 0 Å². The number of rotatable bonds is 19. The van der Waals surface area contributed by atoms with Crippen molar-refractivity contribution in [3.63, 3.8) is 0 Å². The van der Waals surface area contributed by atoms with E-state index in [0.717, 1.165) is 5.88 Å². The first kappa shape index (κ1) is 24.2. The lowest BCUT2D eigenvalue weighted by Gasteiger charge is -2.29. The van der Waals surface area contributed by atoms with Crippen molar-refractivity contribution >= 4 is 11.6 Å². The normalized spacial score (nSPS) is 12.0. The summed E-state index contributed by atoms with van der Waals surface area (Å²) in [4.78, 5) is 0. The van der Waals surface area contributed by atoms with Crippen molar-refractivity contribution in [2.24, 2.45) is 0 Å². The largest absolute Gasteiger partial charge is 0.328 e. The van der Waals surface area contributed by atoms with E-state index in [1.54, 1.807) is 0 Å². The number of alkyl halides is 1. The van der Waals surface area contributed by atoms with Gasteiger partial charge in [0.05, 0.1) is 27.2 Å². The van der Waals surface area contributed by atoms with Crippen molar-refractivity contribution < 1.29 is 4.48 Å². The van der Waals surface area contributed by atoms with Crippen LogP contribution in [0.5, 0.6) is 0 Å². The summed E-state index contributed by atoms with van der Waals surface area (Å²) in [5.74, 6) is 0.818. The molecule has 1 nitrogen and oxygen atoms in total. The molecule has 0 heterocycles. The van der Waals surface area contributed by atoms with Crippen LogP contribution in [-0.2, 0) is 0 Å². The molecule has 0 radical (unpaired) electrons. The molecule has 0 amide bonds. The number of quaternary nitrogens is 1. The van der Waals surface area contributed by atoms with Crippen molar-refractivity contribution in [2.45, 2.75) is 110 Å². The minimum Gasteiger partial charge on any atom is -0.328 e. The van der Waals surface area contributed by atoms with Gasteiger partial charge in [0.2, 0.25) is 0 Å². The molecule has 0 aromatic carbocycles. The van der Waals surface area contributed by atoms with Crippen LogP contribution in [0.15, 0.2) is 0 Å². The van der Waals surface area contributed by atoms with Gasteiger partial charge in [-0.3, -0.25) is 0 Å². The second kappa shape index (κ2) is 18.1. The van der Waals surface area contributed by atoms with Crippen molar-refractivity contribution in [1.82, 2.24) is 0 Å². The maximum atomic E-state index is 5.76. The Hall–Kier alpha value is 0.250. The first-order valence-corrected chi connectivity index (χ1v) is 11.5. The number of unbranched alkanes of at least 4 members (excludes halogenated alkanes) is 14. The molecule has 0 unspecified atom stereocenters. The summed E-state index contributed by atoms with van der Waals surface area (Å²) in [7, 11) is 4.74. The van der Waals surface area contributed by atoms with E-state index in [1.165, 1.54) is 120 Å². The van der Waals surface area contributed by atoms with Gasteiger partial charge in [0.15, 0.2) is 0 Å². The number of hydrogen-bond donors (Lipinski definition) is 0. The molecule has 0 fully saturated rings. The van der Waals surface area contributed by atoms with Crippen molar-refractivity contribution in [1.29, 1.82) is 0 Å². The van der Waals surface area contributed by atoms with Gasteiger partial charge in [0.1, 0.15) is 0 Å². The van der Waals surface area contributed by atoms with Gasteiger partial charge < -0.3 is 4.48 Å². The molecule has 0 rings (SSSR count). The highest BCUT2D eigenvalue weighted by molar-refractivity contribution is 6.17. The fourth-order valence-corrected chi connectivity index (χ4v) is 3.67. The first-order chi connectivity index (χ1) is 11.6. The molecule has 0 aromatic heterocycles. The fraction of sp³-hybridized carbons (Fsp3) is 1.00. The van der Waals surface area contributed by atoms with Crippen LogP contribution in [-0.4, -0.2) is 37.5 Å². The molecular weight excluding hydrogens is 314 g/mol. The molecule has 0 saturated heterocycles. The Morgan fingerprint density at radius 2 is 0.833 bits per heavy atom. The van der Waals surface area contributed by atoms with Gasteiger partial charge in [0.25, 0.3) is 0 Å². The van der Waals surface area contributed by atoms with Crippen LogP contribution in [0.2, 0.25) is 0 Å². The van der Waals surface area contributed by atoms with Crippen LogP contribution in [0.25, 0.3) is 0 Å². The van der Waals surface area contributed by atoms with Gasteiger partial charge >= 0.3 is 0 Å². The Labute approximate surface area is 159 Å². The van der Waals surface area contributed by atoms with E-state index in [1.807, 2.05) is 0 Å². The van der Waals surface area contributed by atoms with Gasteiger partial charge in [-0.2, -0.15) is 0 Å². The Bertz CT molecular complexity index is 240. The predicted octanol–water partition coefficient (Wildman–Crippen LogP) is 7.56. The van der Waals surface area contributed by atoms with E-state index in [9.17, 15) is 0 Å². The van der Waals surface area contributed by atoms with Gasteiger partial charge in [-0.15, -0.1) is 11.6 Å². The molecule has 0 aliphatic carbocycles. The van der Waals surface area contributed by atoms with Gasteiger partial charge in [0, 0.05) is 5.88 Å². The van der Waals surface area contributed by atoms with Crippen LogP contribution in [0.1, 0.15) is 110 Å². The summed E-state index contributed by atoms with van der Waals surface area (Å²) in [6.07, 6.45) is 22.7.